The summed E-state index contributed by atoms with van der Waals surface area (Å²) >= 11 is 0. The molecule has 0 fully saturated rings. The van der Waals surface area contributed by atoms with Crippen molar-refractivity contribution in [3.05, 3.63) is 39.9 Å². The second kappa shape index (κ2) is 7.08. The number of nitrogens with zero attached hydrogens (tertiary/aromatic N) is 2. The Kier molecular flexibility index (Phi) is 5.74. The summed E-state index contributed by atoms with van der Waals surface area (Å²) in [4.78, 5) is 12.3. The van der Waals surface area contributed by atoms with Crippen molar-refractivity contribution in [3.63, 3.8) is 0 Å². The molecule has 0 aliphatic rings. The summed E-state index contributed by atoms with van der Waals surface area (Å²) in [5, 5.41) is 19.5. The maximum Gasteiger partial charge on any atom is 0.269 e. The molecule has 0 radical (unpaired) electrons. The Bertz CT molecular complexity index is 378. The van der Waals surface area contributed by atoms with E-state index in [4.69, 9.17) is 5.11 Å². The molecule has 1 unspecified atom stereocenters. The summed E-state index contributed by atoms with van der Waals surface area (Å²) in [6.07, 6.45) is 0.966. The average Bonchev–Trinajstić information content (AvgIpc) is 2.36. The summed E-state index contributed by atoms with van der Waals surface area (Å²) in [7, 11) is 1.96. The topological polar surface area (TPSA) is 66.6 Å². The van der Waals surface area contributed by atoms with Crippen molar-refractivity contribution in [2.75, 3.05) is 26.7 Å². The lowest BCUT2D eigenvalue weighted by atomic mass is 9.96. The molecule has 0 aromatic heterocycles. The first kappa shape index (κ1) is 14.6. The molecule has 1 atom stereocenters. The molecule has 0 aliphatic heterocycles. The highest BCUT2D eigenvalue weighted by Crippen LogP contribution is 2.22. The van der Waals surface area contributed by atoms with Crippen molar-refractivity contribution in [1.29, 1.82) is 0 Å². The Labute approximate surface area is 107 Å². The van der Waals surface area contributed by atoms with E-state index in [0.717, 1.165) is 18.5 Å². The van der Waals surface area contributed by atoms with E-state index in [2.05, 4.69) is 11.8 Å². The fourth-order valence-corrected chi connectivity index (χ4v) is 1.98. The van der Waals surface area contributed by atoms with Crippen LogP contribution in [0.15, 0.2) is 24.3 Å². The van der Waals surface area contributed by atoms with Gasteiger partial charge in [0, 0.05) is 25.2 Å². The smallest absolute Gasteiger partial charge is 0.269 e. The van der Waals surface area contributed by atoms with E-state index in [0.29, 0.717) is 12.5 Å². The molecule has 18 heavy (non-hydrogen) atoms. The lowest BCUT2D eigenvalue weighted by Crippen LogP contribution is -2.27. The van der Waals surface area contributed by atoms with Gasteiger partial charge in [-0.2, -0.15) is 0 Å². The molecule has 1 aromatic rings. The molecular weight excluding hydrogens is 232 g/mol. The van der Waals surface area contributed by atoms with Crippen LogP contribution >= 0.6 is 0 Å². The van der Waals surface area contributed by atoms with Gasteiger partial charge in [-0.3, -0.25) is 10.1 Å². The molecule has 0 amide bonds. The maximum atomic E-state index is 10.6. The summed E-state index contributed by atoms with van der Waals surface area (Å²) < 4.78 is 0. The van der Waals surface area contributed by atoms with Gasteiger partial charge in [0.25, 0.3) is 5.69 Å². The predicted molar refractivity (Wildman–Crippen MR) is 70.7 cm³/mol. The molecule has 1 N–H and O–H groups in total. The minimum absolute atomic E-state index is 0.123. The summed E-state index contributed by atoms with van der Waals surface area (Å²) in [5.41, 5.74) is 1.23. The molecule has 100 valence electrons. The number of benzene rings is 1. The Morgan fingerprint density at radius 3 is 2.44 bits per heavy atom. The largest absolute Gasteiger partial charge is 0.395 e. The lowest BCUT2D eigenvalue weighted by molar-refractivity contribution is -0.384. The maximum absolute atomic E-state index is 10.6. The highest BCUT2D eigenvalue weighted by molar-refractivity contribution is 5.34. The van der Waals surface area contributed by atoms with Crippen molar-refractivity contribution in [2.45, 2.75) is 19.3 Å². The van der Waals surface area contributed by atoms with Crippen molar-refractivity contribution < 1.29 is 10.0 Å². The molecule has 5 nitrogen and oxygen atoms in total. The first-order valence-corrected chi connectivity index (χ1v) is 6.12. The number of aliphatic hydroxyl groups is 1. The van der Waals surface area contributed by atoms with Gasteiger partial charge in [-0.05, 0) is 24.9 Å². The number of aliphatic hydroxyl groups excluding tert-OH is 1. The second-order valence-corrected chi connectivity index (χ2v) is 4.44. The van der Waals surface area contributed by atoms with E-state index in [-0.39, 0.29) is 17.2 Å². The number of non-ortho nitro benzene ring substituents is 1. The van der Waals surface area contributed by atoms with Gasteiger partial charge in [0.2, 0.25) is 0 Å². The van der Waals surface area contributed by atoms with Crippen LogP contribution in [-0.2, 0) is 0 Å². The third kappa shape index (κ3) is 4.09. The summed E-state index contributed by atoms with van der Waals surface area (Å²) in [6.45, 7) is 3.73. The van der Waals surface area contributed by atoms with Gasteiger partial charge in [0.15, 0.2) is 0 Å². The third-order valence-electron chi connectivity index (χ3n) is 3.08. The van der Waals surface area contributed by atoms with Crippen LogP contribution in [0.4, 0.5) is 5.69 Å². The van der Waals surface area contributed by atoms with Gasteiger partial charge < -0.3 is 10.0 Å². The fourth-order valence-electron chi connectivity index (χ4n) is 1.98. The number of hydrogen-bond donors (Lipinski definition) is 1. The quantitative estimate of drug-likeness (QED) is 0.595. The SMILES string of the molecule is CCC(CN(C)CCO)c1ccc([N+](=O)[O-])cc1. The van der Waals surface area contributed by atoms with Crippen molar-refractivity contribution in [1.82, 2.24) is 4.90 Å². The monoisotopic (exact) mass is 252 g/mol. The fraction of sp³-hybridized carbons (Fsp3) is 0.538. The average molecular weight is 252 g/mol. The van der Waals surface area contributed by atoms with Crippen molar-refractivity contribution in [3.8, 4) is 0 Å². The highest BCUT2D eigenvalue weighted by Gasteiger charge is 2.13. The van der Waals surface area contributed by atoms with Crippen LogP contribution < -0.4 is 0 Å². The molecule has 0 spiro atoms. The Morgan fingerprint density at radius 2 is 2.00 bits per heavy atom. The van der Waals surface area contributed by atoms with E-state index < -0.39 is 0 Å². The number of nitro groups is 1. The van der Waals surface area contributed by atoms with Gasteiger partial charge in [0.1, 0.15) is 0 Å². The number of hydrogen-bond acceptors (Lipinski definition) is 4. The number of nitro benzene ring substituents is 1. The first-order chi connectivity index (χ1) is 8.58. The molecule has 0 bridgehead atoms. The summed E-state index contributed by atoms with van der Waals surface area (Å²) in [5.74, 6) is 0.336. The molecule has 0 saturated heterocycles. The minimum atomic E-state index is -0.386. The molecular formula is C13H20N2O3. The predicted octanol–water partition coefficient (Wildman–Crippen LogP) is 2.01. The zero-order valence-electron chi connectivity index (χ0n) is 10.9. The Balaban J connectivity index is 2.72. The van der Waals surface area contributed by atoms with Gasteiger partial charge in [-0.15, -0.1) is 0 Å². The van der Waals surface area contributed by atoms with E-state index in [1.807, 2.05) is 19.2 Å². The van der Waals surface area contributed by atoms with Crippen LogP contribution in [0.2, 0.25) is 0 Å². The van der Waals surface area contributed by atoms with Crippen molar-refractivity contribution >= 4 is 5.69 Å². The van der Waals surface area contributed by atoms with Crippen molar-refractivity contribution in [2.24, 2.45) is 0 Å². The van der Waals surface area contributed by atoms with Gasteiger partial charge in [-0.1, -0.05) is 19.1 Å². The van der Waals surface area contributed by atoms with E-state index >= 15 is 0 Å². The van der Waals surface area contributed by atoms with Crippen LogP contribution in [0.3, 0.4) is 0 Å². The third-order valence-corrected chi connectivity index (χ3v) is 3.08. The first-order valence-electron chi connectivity index (χ1n) is 6.12. The molecule has 1 aromatic carbocycles. The van der Waals surface area contributed by atoms with Gasteiger partial charge in [0.05, 0.1) is 11.5 Å². The molecule has 0 saturated carbocycles. The molecule has 0 heterocycles. The Hall–Kier alpha value is -1.46. The standard InChI is InChI=1S/C13H20N2O3/c1-3-11(10-14(2)8-9-16)12-4-6-13(7-5-12)15(17)18/h4-7,11,16H,3,8-10H2,1-2H3. The zero-order chi connectivity index (χ0) is 13.5. The van der Waals surface area contributed by atoms with Crippen LogP contribution in [0, 0.1) is 10.1 Å². The van der Waals surface area contributed by atoms with E-state index in [1.54, 1.807) is 12.1 Å². The minimum Gasteiger partial charge on any atom is -0.395 e. The van der Waals surface area contributed by atoms with Crippen LogP contribution in [-0.4, -0.2) is 41.7 Å². The van der Waals surface area contributed by atoms with Gasteiger partial charge >= 0.3 is 0 Å². The second-order valence-electron chi connectivity index (χ2n) is 4.44. The van der Waals surface area contributed by atoms with Gasteiger partial charge in [-0.25, -0.2) is 0 Å². The molecule has 5 heteroatoms. The zero-order valence-corrected chi connectivity index (χ0v) is 10.9. The van der Waals surface area contributed by atoms with E-state index in [9.17, 15) is 10.1 Å². The molecule has 1 rings (SSSR count). The van der Waals surface area contributed by atoms with E-state index in [1.165, 1.54) is 0 Å². The normalized spacial score (nSPS) is 12.7. The van der Waals surface area contributed by atoms with Crippen LogP contribution in [0.5, 0.6) is 0 Å². The molecule has 0 aliphatic carbocycles. The Morgan fingerprint density at radius 1 is 1.39 bits per heavy atom. The van der Waals surface area contributed by atoms with Crippen LogP contribution in [0.25, 0.3) is 0 Å². The lowest BCUT2D eigenvalue weighted by Gasteiger charge is -2.22. The van der Waals surface area contributed by atoms with Crippen LogP contribution in [0.1, 0.15) is 24.8 Å². The summed E-state index contributed by atoms with van der Waals surface area (Å²) in [6, 6.07) is 6.73. The number of rotatable bonds is 7. The number of likely N-dealkylation sites (N-methyl/N-ethyl adjacent to an activating group) is 1. The highest BCUT2D eigenvalue weighted by atomic mass is 16.6.